The first-order chi connectivity index (χ1) is 16.9. The van der Waals surface area contributed by atoms with Crippen molar-refractivity contribution in [3.05, 3.63) is 77.2 Å². The van der Waals surface area contributed by atoms with Crippen molar-refractivity contribution in [2.45, 2.75) is 58.0 Å². The summed E-state index contributed by atoms with van der Waals surface area (Å²) in [4.78, 5) is 30.0. The number of benzene rings is 2. The topological polar surface area (TPSA) is 97.4 Å². The van der Waals surface area contributed by atoms with Gasteiger partial charge < -0.3 is 19.4 Å². The number of aryl methyl sites for hydroxylation is 2. The number of carbonyl (C=O) groups is 2. The van der Waals surface area contributed by atoms with E-state index < -0.39 is 17.9 Å². The van der Waals surface area contributed by atoms with Gasteiger partial charge in [-0.25, -0.2) is 9.78 Å². The predicted molar refractivity (Wildman–Crippen MR) is 133 cm³/mol. The smallest absolute Gasteiger partial charge is 0.330 e. The molecule has 2 heterocycles. The summed E-state index contributed by atoms with van der Waals surface area (Å²) in [6.45, 7) is 3.89. The van der Waals surface area contributed by atoms with Crippen LogP contribution in [0, 0.1) is 13.8 Å². The molecule has 0 aliphatic heterocycles. The van der Waals surface area contributed by atoms with Gasteiger partial charge in [0.1, 0.15) is 12.1 Å². The summed E-state index contributed by atoms with van der Waals surface area (Å²) >= 11 is 0. The number of aliphatic carboxylic acids is 1. The van der Waals surface area contributed by atoms with Gasteiger partial charge in [-0.1, -0.05) is 37.5 Å². The van der Waals surface area contributed by atoms with E-state index in [0.29, 0.717) is 22.7 Å². The summed E-state index contributed by atoms with van der Waals surface area (Å²) in [5.41, 5.74) is 5.53. The highest BCUT2D eigenvalue weighted by Crippen LogP contribution is 2.36. The SMILES string of the molecule is Cc1ccc(C(NC(=O)c2ccc3c(c2)nc(-c2ccoc2)n3C2CCCCC2)C(=O)O)cc1C. The minimum atomic E-state index is -1.14. The maximum atomic E-state index is 13.1. The molecule has 1 aliphatic rings. The Labute approximate surface area is 203 Å². The van der Waals surface area contributed by atoms with Gasteiger partial charge in [-0.05, 0) is 67.6 Å². The second kappa shape index (κ2) is 9.41. The number of carbonyl (C=O) groups excluding carboxylic acids is 1. The molecule has 2 aromatic heterocycles. The lowest BCUT2D eigenvalue weighted by atomic mass is 9.95. The third kappa shape index (κ3) is 4.46. The van der Waals surface area contributed by atoms with E-state index in [0.717, 1.165) is 40.9 Å². The number of hydrogen-bond donors (Lipinski definition) is 2. The van der Waals surface area contributed by atoms with Crippen LogP contribution in [0.2, 0.25) is 0 Å². The molecule has 7 nitrogen and oxygen atoms in total. The minimum Gasteiger partial charge on any atom is -0.479 e. The van der Waals surface area contributed by atoms with Crippen LogP contribution in [0.4, 0.5) is 0 Å². The van der Waals surface area contributed by atoms with E-state index in [1.807, 2.05) is 32.0 Å². The molecule has 1 atom stereocenters. The van der Waals surface area contributed by atoms with E-state index >= 15 is 0 Å². The maximum absolute atomic E-state index is 13.1. The molecule has 1 saturated carbocycles. The molecule has 2 N–H and O–H groups in total. The highest BCUT2D eigenvalue weighted by molar-refractivity contribution is 5.99. The molecular weight excluding hydrogens is 442 g/mol. The van der Waals surface area contributed by atoms with Gasteiger partial charge in [0.2, 0.25) is 0 Å². The Hall–Kier alpha value is -3.87. The second-order valence-electron chi connectivity index (χ2n) is 9.40. The lowest BCUT2D eigenvalue weighted by Gasteiger charge is -2.25. The number of hydrogen-bond acceptors (Lipinski definition) is 4. The third-order valence-electron chi connectivity index (χ3n) is 7.06. The lowest BCUT2D eigenvalue weighted by Crippen LogP contribution is -2.33. The van der Waals surface area contributed by atoms with Crippen LogP contribution in [0.5, 0.6) is 0 Å². The summed E-state index contributed by atoms with van der Waals surface area (Å²) < 4.78 is 7.59. The molecular formula is C28H29N3O4. The number of furan rings is 1. The Bertz CT molecular complexity index is 1380. The fourth-order valence-corrected chi connectivity index (χ4v) is 4.99. The normalized spacial score (nSPS) is 15.3. The number of aromatic nitrogens is 2. The zero-order chi connectivity index (χ0) is 24.5. The molecule has 0 radical (unpaired) electrons. The van der Waals surface area contributed by atoms with Crippen LogP contribution < -0.4 is 5.32 Å². The van der Waals surface area contributed by atoms with Crippen LogP contribution in [-0.2, 0) is 4.79 Å². The van der Waals surface area contributed by atoms with E-state index in [2.05, 4.69) is 9.88 Å². The van der Waals surface area contributed by atoms with Gasteiger partial charge in [0.05, 0.1) is 22.9 Å². The largest absolute Gasteiger partial charge is 0.479 e. The van der Waals surface area contributed by atoms with Crippen LogP contribution in [0.3, 0.4) is 0 Å². The monoisotopic (exact) mass is 471 g/mol. The van der Waals surface area contributed by atoms with Crippen LogP contribution >= 0.6 is 0 Å². The van der Waals surface area contributed by atoms with Gasteiger partial charge in [-0.2, -0.15) is 0 Å². The molecule has 1 unspecified atom stereocenters. The third-order valence-corrected chi connectivity index (χ3v) is 7.06. The fourth-order valence-electron chi connectivity index (χ4n) is 4.99. The standard InChI is InChI=1S/C28H29N3O4/c1-17-8-9-19(14-18(17)2)25(28(33)34)30-27(32)20-10-11-24-23(15-20)29-26(21-12-13-35-16-21)31(24)22-6-4-3-5-7-22/h8-16,22,25H,3-7H2,1-2H3,(H,30,32)(H,33,34). The Balaban J connectivity index is 1.49. The molecule has 0 bridgehead atoms. The van der Waals surface area contributed by atoms with Crippen LogP contribution in [0.15, 0.2) is 59.4 Å². The van der Waals surface area contributed by atoms with Crippen LogP contribution in [0.25, 0.3) is 22.4 Å². The van der Waals surface area contributed by atoms with Gasteiger partial charge in [0, 0.05) is 11.6 Å². The molecule has 5 rings (SSSR count). The first-order valence-corrected chi connectivity index (χ1v) is 12.1. The van der Waals surface area contributed by atoms with Gasteiger partial charge in [-0.3, -0.25) is 4.79 Å². The molecule has 1 amide bonds. The fraction of sp³-hybridized carbons (Fsp3) is 0.321. The van der Waals surface area contributed by atoms with E-state index in [-0.39, 0.29) is 0 Å². The molecule has 1 fully saturated rings. The second-order valence-corrected chi connectivity index (χ2v) is 9.40. The zero-order valence-electron chi connectivity index (χ0n) is 20.0. The average molecular weight is 472 g/mol. The number of carboxylic acids is 1. The zero-order valence-corrected chi connectivity index (χ0v) is 20.0. The Morgan fingerprint density at radius 2 is 1.86 bits per heavy atom. The maximum Gasteiger partial charge on any atom is 0.330 e. The lowest BCUT2D eigenvalue weighted by molar-refractivity contribution is -0.139. The number of carboxylic acid groups (broad SMARTS) is 1. The molecule has 0 saturated heterocycles. The number of rotatable bonds is 6. The average Bonchev–Trinajstić information content (AvgIpc) is 3.52. The molecule has 7 heteroatoms. The highest BCUT2D eigenvalue weighted by Gasteiger charge is 2.26. The number of amides is 1. The van der Waals surface area contributed by atoms with Crippen LogP contribution in [0.1, 0.15) is 71.2 Å². The number of nitrogens with zero attached hydrogens (tertiary/aromatic N) is 2. The minimum absolute atomic E-state index is 0.347. The van der Waals surface area contributed by atoms with E-state index in [1.54, 1.807) is 36.8 Å². The van der Waals surface area contributed by atoms with E-state index in [9.17, 15) is 14.7 Å². The Kier molecular flexibility index (Phi) is 6.16. The summed E-state index contributed by atoms with van der Waals surface area (Å²) in [5.74, 6) is -0.724. The number of nitrogens with one attached hydrogen (secondary N) is 1. The van der Waals surface area contributed by atoms with Crippen molar-refractivity contribution in [2.24, 2.45) is 0 Å². The number of imidazole rings is 1. The van der Waals surface area contributed by atoms with Gasteiger partial charge in [-0.15, -0.1) is 0 Å². The molecule has 0 spiro atoms. The number of fused-ring (bicyclic) bond motifs is 1. The Morgan fingerprint density at radius 1 is 1.06 bits per heavy atom. The van der Waals surface area contributed by atoms with Crippen molar-refractivity contribution in [3.63, 3.8) is 0 Å². The Morgan fingerprint density at radius 3 is 2.54 bits per heavy atom. The summed E-state index contributed by atoms with van der Waals surface area (Å²) in [6.07, 6.45) is 9.13. The quantitative estimate of drug-likeness (QED) is 0.361. The van der Waals surface area contributed by atoms with Crippen molar-refractivity contribution in [3.8, 4) is 11.4 Å². The van der Waals surface area contributed by atoms with Crippen molar-refractivity contribution in [1.29, 1.82) is 0 Å². The first-order valence-electron chi connectivity index (χ1n) is 12.1. The molecule has 1 aliphatic carbocycles. The van der Waals surface area contributed by atoms with Gasteiger partial charge in [0.15, 0.2) is 6.04 Å². The molecule has 180 valence electrons. The van der Waals surface area contributed by atoms with Crippen molar-refractivity contribution >= 4 is 22.9 Å². The van der Waals surface area contributed by atoms with Gasteiger partial charge in [0.25, 0.3) is 5.91 Å². The van der Waals surface area contributed by atoms with Crippen molar-refractivity contribution in [1.82, 2.24) is 14.9 Å². The van der Waals surface area contributed by atoms with Crippen molar-refractivity contribution in [2.75, 3.05) is 0 Å². The highest BCUT2D eigenvalue weighted by atomic mass is 16.4. The van der Waals surface area contributed by atoms with E-state index in [4.69, 9.17) is 9.40 Å². The van der Waals surface area contributed by atoms with Crippen LogP contribution in [-0.4, -0.2) is 26.5 Å². The van der Waals surface area contributed by atoms with Crippen molar-refractivity contribution < 1.29 is 19.1 Å². The van der Waals surface area contributed by atoms with Gasteiger partial charge >= 0.3 is 5.97 Å². The van der Waals surface area contributed by atoms with E-state index in [1.165, 1.54) is 19.3 Å². The molecule has 2 aromatic carbocycles. The predicted octanol–water partition coefficient (Wildman–Crippen LogP) is 5.97. The molecule has 35 heavy (non-hydrogen) atoms. The molecule has 4 aromatic rings. The summed E-state index contributed by atoms with van der Waals surface area (Å²) in [6, 6.07) is 11.9. The first kappa shape index (κ1) is 22.9. The summed E-state index contributed by atoms with van der Waals surface area (Å²) in [7, 11) is 0. The summed E-state index contributed by atoms with van der Waals surface area (Å²) in [5, 5.41) is 12.5.